The second-order valence-electron chi connectivity index (χ2n) is 5.50. The number of rotatable bonds is 3. The first-order valence-corrected chi connectivity index (χ1v) is 7.81. The zero-order valence-corrected chi connectivity index (χ0v) is 13.0. The Labute approximate surface area is 123 Å². The summed E-state index contributed by atoms with van der Waals surface area (Å²) in [5.41, 5.74) is 0.980. The molecule has 2 amide bonds. The Kier molecular flexibility index (Phi) is 4.75. The third-order valence-corrected chi connectivity index (χ3v) is 4.47. The van der Waals surface area contributed by atoms with Crippen LogP contribution in [0.1, 0.15) is 41.1 Å². The van der Waals surface area contributed by atoms with Gasteiger partial charge >= 0.3 is 0 Å². The second kappa shape index (κ2) is 6.35. The van der Waals surface area contributed by atoms with Crippen LogP contribution >= 0.6 is 11.3 Å². The minimum atomic E-state index is -0.0832. The third kappa shape index (κ3) is 3.56. The number of amides is 2. The first kappa shape index (κ1) is 15.0. The van der Waals surface area contributed by atoms with Crippen LogP contribution in [0, 0.1) is 5.92 Å². The van der Waals surface area contributed by atoms with Gasteiger partial charge in [0.15, 0.2) is 5.01 Å². The highest BCUT2D eigenvalue weighted by Crippen LogP contribution is 2.23. The van der Waals surface area contributed by atoms with Gasteiger partial charge in [0, 0.05) is 44.3 Å². The van der Waals surface area contributed by atoms with Gasteiger partial charge in [-0.25, -0.2) is 4.98 Å². The van der Waals surface area contributed by atoms with Gasteiger partial charge in [0.05, 0.1) is 5.69 Å². The van der Waals surface area contributed by atoms with Crippen molar-refractivity contribution in [3.8, 4) is 0 Å². The van der Waals surface area contributed by atoms with Crippen LogP contribution in [0.2, 0.25) is 0 Å². The maximum Gasteiger partial charge on any atom is 0.280 e. The van der Waals surface area contributed by atoms with Crippen LogP contribution in [0.4, 0.5) is 0 Å². The Hall–Kier alpha value is -1.43. The molecule has 0 saturated carbocycles. The first-order chi connectivity index (χ1) is 9.47. The van der Waals surface area contributed by atoms with E-state index >= 15 is 0 Å². The minimum Gasteiger partial charge on any atom is -0.350 e. The fourth-order valence-corrected chi connectivity index (χ4v) is 3.16. The zero-order valence-electron chi connectivity index (χ0n) is 12.2. The smallest absolute Gasteiger partial charge is 0.280 e. The Balaban J connectivity index is 2.03. The van der Waals surface area contributed by atoms with Crippen LogP contribution in [0.5, 0.6) is 0 Å². The third-order valence-electron chi connectivity index (χ3n) is 3.32. The molecule has 1 aromatic rings. The van der Waals surface area contributed by atoms with E-state index in [1.54, 1.807) is 6.92 Å². The molecule has 0 aromatic carbocycles. The molecular weight excluding hydrogens is 274 g/mol. The molecular formula is C14H21N3O2S. The van der Waals surface area contributed by atoms with Crippen LogP contribution in [0.15, 0.2) is 0 Å². The molecule has 5 nitrogen and oxygen atoms in total. The van der Waals surface area contributed by atoms with E-state index in [0.717, 1.165) is 30.0 Å². The lowest BCUT2D eigenvalue weighted by atomic mass is 10.2. The fourth-order valence-electron chi connectivity index (χ4n) is 2.15. The molecule has 0 unspecified atom stereocenters. The van der Waals surface area contributed by atoms with E-state index in [4.69, 9.17) is 0 Å². The van der Waals surface area contributed by atoms with E-state index in [1.807, 2.05) is 4.90 Å². The van der Waals surface area contributed by atoms with Gasteiger partial charge in [0.2, 0.25) is 5.91 Å². The molecule has 0 atom stereocenters. The lowest BCUT2D eigenvalue weighted by Gasteiger charge is -2.17. The standard InChI is InChI=1S/C14H21N3O2S/c1-9(2)8-15-13(19)14-16-11-4-6-17(10(3)18)7-5-12(11)20-14/h9H,4-8H2,1-3H3,(H,15,19). The topological polar surface area (TPSA) is 62.3 Å². The average molecular weight is 295 g/mol. The summed E-state index contributed by atoms with van der Waals surface area (Å²) in [5, 5.41) is 3.44. The number of hydrogen-bond acceptors (Lipinski definition) is 4. The molecule has 0 saturated heterocycles. The van der Waals surface area contributed by atoms with Crippen molar-refractivity contribution in [3.05, 3.63) is 15.6 Å². The summed E-state index contributed by atoms with van der Waals surface area (Å²) in [6.07, 6.45) is 1.53. The summed E-state index contributed by atoms with van der Waals surface area (Å²) >= 11 is 1.46. The number of aromatic nitrogens is 1. The molecule has 0 bridgehead atoms. The van der Waals surface area contributed by atoms with Gasteiger partial charge < -0.3 is 10.2 Å². The monoisotopic (exact) mass is 295 g/mol. The van der Waals surface area contributed by atoms with E-state index in [9.17, 15) is 9.59 Å². The van der Waals surface area contributed by atoms with E-state index in [0.29, 0.717) is 24.0 Å². The second-order valence-corrected chi connectivity index (χ2v) is 6.58. The van der Waals surface area contributed by atoms with Gasteiger partial charge in [-0.3, -0.25) is 9.59 Å². The van der Waals surface area contributed by atoms with Crippen LogP contribution in [-0.4, -0.2) is 41.3 Å². The Morgan fingerprint density at radius 3 is 2.70 bits per heavy atom. The summed E-state index contributed by atoms with van der Waals surface area (Å²) < 4.78 is 0. The molecule has 110 valence electrons. The predicted molar refractivity (Wildman–Crippen MR) is 78.9 cm³/mol. The minimum absolute atomic E-state index is 0.0832. The molecule has 2 rings (SSSR count). The van der Waals surface area contributed by atoms with E-state index < -0.39 is 0 Å². The maximum atomic E-state index is 12.0. The Morgan fingerprint density at radius 1 is 1.35 bits per heavy atom. The SMILES string of the molecule is CC(=O)N1CCc2nc(C(=O)NCC(C)C)sc2CC1. The highest BCUT2D eigenvalue weighted by atomic mass is 32.1. The van der Waals surface area contributed by atoms with E-state index in [-0.39, 0.29) is 11.8 Å². The number of fused-ring (bicyclic) bond motifs is 1. The summed E-state index contributed by atoms with van der Waals surface area (Å²) in [6.45, 7) is 7.80. The Morgan fingerprint density at radius 2 is 2.05 bits per heavy atom. The summed E-state index contributed by atoms with van der Waals surface area (Å²) in [6, 6.07) is 0. The molecule has 0 radical (unpaired) electrons. The van der Waals surface area contributed by atoms with Crippen molar-refractivity contribution in [2.24, 2.45) is 5.92 Å². The summed E-state index contributed by atoms with van der Waals surface area (Å²) in [4.78, 5) is 30.8. The molecule has 0 spiro atoms. The lowest BCUT2D eigenvalue weighted by molar-refractivity contribution is -0.128. The van der Waals surface area contributed by atoms with Crippen LogP contribution in [-0.2, 0) is 17.6 Å². The van der Waals surface area contributed by atoms with Crippen molar-refractivity contribution in [1.29, 1.82) is 0 Å². The van der Waals surface area contributed by atoms with Gasteiger partial charge in [-0.1, -0.05) is 13.8 Å². The molecule has 6 heteroatoms. The van der Waals surface area contributed by atoms with E-state index in [1.165, 1.54) is 11.3 Å². The molecule has 1 aliphatic heterocycles. The van der Waals surface area contributed by atoms with Gasteiger partial charge in [-0.2, -0.15) is 0 Å². The van der Waals surface area contributed by atoms with Gasteiger partial charge in [-0.15, -0.1) is 11.3 Å². The van der Waals surface area contributed by atoms with Gasteiger partial charge in [-0.05, 0) is 5.92 Å². The van der Waals surface area contributed by atoms with E-state index in [2.05, 4.69) is 24.1 Å². The predicted octanol–water partition coefficient (Wildman–Crippen LogP) is 1.48. The van der Waals surface area contributed by atoms with Crippen LogP contribution in [0.25, 0.3) is 0 Å². The molecule has 0 aliphatic carbocycles. The van der Waals surface area contributed by atoms with Crippen molar-refractivity contribution in [2.75, 3.05) is 19.6 Å². The Bertz CT molecular complexity index is 485. The summed E-state index contributed by atoms with van der Waals surface area (Å²) in [7, 11) is 0. The first-order valence-electron chi connectivity index (χ1n) is 6.99. The number of carbonyl (C=O) groups excluding carboxylic acids is 2. The molecule has 1 N–H and O–H groups in total. The normalized spacial score (nSPS) is 14.9. The molecule has 0 fully saturated rings. The molecule has 1 aliphatic rings. The highest BCUT2D eigenvalue weighted by Gasteiger charge is 2.21. The van der Waals surface area contributed by atoms with Gasteiger partial charge in [0.25, 0.3) is 5.91 Å². The molecule has 20 heavy (non-hydrogen) atoms. The molecule has 2 heterocycles. The molecule has 1 aromatic heterocycles. The van der Waals surface area contributed by atoms with Crippen molar-refractivity contribution < 1.29 is 9.59 Å². The lowest BCUT2D eigenvalue weighted by Crippen LogP contribution is -2.31. The number of thiazole rings is 1. The quantitative estimate of drug-likeness (QED) is 0.918. The van der Waals surface area contributed by atoms with Crippen molar-refractivity contribution in [1.82, 2.24) is 15.2 Å². The highest BCUT2D eigenvalue weighted by molar-refractivity contribution is 7.13. The van der Waals surface area contributed by atoms with Crippen LogP contribution < -0.4 is 5.32 Å². The number of carbonyl (C=O) groups is 2. The average Bonchev–Trinajstić information content (AvgIpc) is 2.69. The largest absolute Gasteiger partial charge is 0.350 e. The van der Waals surface area contributed by atoms with Crippen molar-refractivity contribution in [3.63, 3.8) is 0 Å². The van der Waals surface area contributed by atoms with Crippen molar-refractivity contribution >= 4 is 23.2 Å². The van der Waals surface area contributed by atoms with Crippen LogP contribution in [0.3, 0.4) is 0 Å². The maximum absolute atomic E-state index is 12.0. The van der Waals surface area contributed by atoms with Crippen molar-refractivity contribution in [2.45, 2.75) is 33.6 Å². The number of nitrogens with zero attached hydrogens (tertiary/aromatic N) is 2. The van der Waals surface area contributed by atoms with Gasteiger partial charge in [0.1, 0.15) is 0 Å². The fraction of sp³-hybridized carbons (Fsp3) is 0.643. The number of nitrogens with one attached hydrogen (secondary N) is 1. The summed E-state index contributed by atoms with van der Waals surface area (Å²) in [5.74, 6) is 0.455. The zero-order chi connectivity index (χ0) is 14.7. The number of hydrogen-bond donors (Lipinski definition) is 1.